The maximum Gasteiger partial charge on any atom is 0.151 e. The maximum absolute atomic E-state index is 4.26. The molecule has 1 saturated heterocycles. The Morgan fingerprint density at radius 3 is 3.21 bits per heavy atom. The molecule has 0 aromatic carbocycles. The molecule has 0 spiro atoms. The molecule has 1 atom stereocenters. The van der Waals surface area contributed by atoms with Gasteiger partial charge in [-0.1, -0.05) is 0 Å². The molecule has 5 heteroatoms. The Morgan fingerprint density at radius 1 is 1.64 bits per heavy atom. The molecule has 1 aromatic rings. The molecule has 14 heavy (non-hydrogen) atoms. The zero-order valence-corrected chi connectivity index (χ0v) is 9.23. The minimum atomic E-state index is 0.708. The lowest BCUT2D eigenvalue weighted by molar-refractivity contribution is 0.555. The first-order valence-corrected chi connectivity index (χ1v) is 6.19. The van der Waals surface area contributed by atoms with E-state index in [2.05, 4.69) is 20.5 Å². The van der Waals surface area contributed by atoms with Crippen LogP contribution >= 0.6 is 11.8 Å². The van der Waals surface area contributed by atoms with Crippen molar-refractivity contribution in [2.75, 3.05) is 18.1 Å². The van der Waals surface area contributed by atoms with Gasteiger partial charge in [-0.2, -0.15) is 16.9 Å². The van der Waals surface area contributed by atoms with E-state index in [-0.39, 0.29) is 0 Å². The van der Waals surface area contributed by atoms with Crippen molar-refractivity contribution in [3.8, 4) is 0 Å². The third kappa shape index (κ3) is 2.72. The lowest BCUT2D eigenvalue weighted by Gasteiger charge is -2.08. The number of aromatic nitrogens is 3. The molecule has 4 nitrogen and oxygen atoms in total. The Morgan fingerprint density at radius 2 is 2.57 bits per heavy atom. The Hall–Kier alpha value is -0.550. The van der Waals surface area contributed by atoms with Crippen molar-refractivity contribution in [3.63, 3.8) is 0 Å². The van der Waals surface area contributed by atoms with E-state index >= 15 is 0 Å². The second-order valence-corrected chi connectivity index (χ2v) is 4.75. The number of aryl methyl sites for hydroxylation is 1. The van der Waals surface area contributed by atoms with Crippen molar-refractivity contribution in [1.29, 1.82) is 0 Å². The van der Waals surface area contributed by atoms with Crippen molar-refractivity contribution in [1.82, 2.24) is 20.5 Å². The van der Waals surface area contributed by atoms with Crippen LogP contribution in [0.15, 0.2) is 0 Å². The molecule has 2 rings (SSSR count). The summed E-state index contributed by atoms with van der Waals surface area (Å²) in [6, 6.07) is 0.708. The topological polar surface area (TPSA) is 53.6 Å². The van der Waals surface area contributed by atoms with E-state index < -0.39 is 0 Å². The van der Waals surface area contributed by atoms with Gasteiger partial charge in [0.2, 0.25) is 0 Å². The highest BCUT2D eigenvalue weighted by atomic mass is 32.2. The van der Waals surface area contributed by atoms with Crippen LogP contribution in [0.25, 0.3) is 0 Å². The van der Waals surface area contributed by atoms with Crippen LogP contribution in [-0.2, 0) is 6.42 Å². The molecular formula is C9H16N4S. The summed E-state index contributed by atoms with van der Waals surface area (Å²) in [4.78, 5) is 4.26. The van der Waals surface area contributed by atoms with Crippen LogP contribution in [0.4, 0.5) is 0 Å². The Bertz CT molecular complexity index is 280. The van der Waals surface area contributed by atoms with Crippen LogP contribution in [0.5, 0.6) is 0 Å². The SMILES string of the molecule is Cc1nc(CCNC2CCSC2)n[nH]1. The Kier molecular flexibility index (Phi) is 3.42. The number of H-pyrrole nitrogens is 1. The Balaban J connectivity index is 1.67. The monoisotopic (exact) mass is 212 g/mol. The van der Waals surface area contributed by atoms with Crippen molar-refractivity contribution in [3.05, 3.63) is 11.6 Å². The van der Waals surface area contributed by atoms with Gasteiger partial charge in [0.05, 0.1) is 0 Å². The summed E-state index contributed by atoms with van der Waals surface area (Å²) in [7, 11) is 0. The van der Waals surface area contributed by atoms with Crippen LogP contribution < -0.4 is 5.32 Å². The molecular weight excluding hydrogens is 196 g/mol. The zero-order chi connectivity index (χ0) is 9.80. The van der Waals surface area contributed by atoms with Gasteiger partial charge in [0.15, 0.2) is 5.82 Å². The fourth-order valence-electron chi connectivity index (χ4n) is 1.58. The van der Waals surface area contributed by atoms with Gasteiger partial charge in [-0.05, 0) is 19.1 Å². The first-order valence-electron chi connectivity index (χ1n) is 5.03. The van der Waals surface area contributed by atoms with Gasteiger partial charge >= 0.3 is 0 Å². The highest BCUT2D eigenvalue weighted by Gasteiger charge is 2.14. The van der Waals surface area contributed by atoms with Gasteiger partial charge in [-0.15, -0.1) is 0 Å². The number of rotatable bonds is 4. The summed E-state index contributed by atoms with van der Waals surface area (Å²) < 4.78 is 0. The van der Waals surface area contributed by atoms with Gasteiger partial charge in [0.25, 0.3) is 0 Å². The van der Waals surface area contributed by atoms with Gasteiger partial charge < -0.3 is 5.32 Å². The van der Waals surface area contributed by atoms with E-state index in [9.17, 15) is 0 Å². The van der Waals surface area contributed by atoms with Crippen molar-refractivity contribution < 1.29 is 0 Å². The van der Waals surface area contributed by atoms with Crippen LogP contribution in [0.3, 0.4) is 0 Å². The number of nitrogens with zero attached hydrogens (tertiary/aromatic N) is 2. The van der Waals surface area contributed by atoms with Gasteiger partial charge in [0.1, 0.15) is 5.82 Å². The van der Waals surface area contributed by atoms with Crippen LogP contribution in [-0.4, -0.2) is 39.3 Å². The zero-order valence-electron chi connectivity index (χ0n) is 8.42. The number of hydrogen-bond acceptors (Lipinski definition) is 4. The summed E-state index contributed by atoms with van der Waals surface area (Å²) in [6.45, 7) is 2.92. The molecule has 1 fully saturated rings. The first-order chi connectivity index (χ1) is 6.84. The first kappa shape index (κ1) is 9.98. The number of nitrogens with one attached hydrogen (secondary N) is 2. The minimum absolute atomic E-state index is 0.708. The van der Waals surface area contributed by atoms with Gasteiger partial charge in [-0.3, -0.25) is 5.10 Å². The average molecular weight is 212 g/mol. The Labute approximate surface area is 88.3 Å². The molecule has 1 aliphatic rings. The van der Waals surface area contributed by atoms with Crippen LogP contribution in [0, 0.1) is 6.92 Å². The van der Waals surface area contributed by atoms with Crippen LogP contribution in [0.1, 0.15) is 18.1 Å². The normalized spacial score (nSPS) is 21.6. The molecule has 1 unspecified atom stereocenters. The molecule has 0 radical (unpaired) electrons. The second kappa shape index (κ2) is 4.79. The summed E-state index contributed by atoms with van der Waals surface area (Å²) >= 11 is 2.03. The second-order valence-electron chi connectivity index (χ2n) is 3.60. The third-order valence-electron chi connectivity index (χ3n) is 2.35. The lowest BCUT2D eigenvalue weighted by Crippen LogP contribution is -2.30. The predicted molar refractivity (Wildman–Crippen MR) is 58.6 cm³/mol. The van der Waals surface area contributed by atoms with Crippen molar-refractivity contribution in [2.45, 2.75) is 25.8 Å². The summed E-state index contributed by atoms with van der Waals surface area (Å²) in [6.07, 6.45) is 2.23. The maximum atomic E-state index is 4.26. The average Bonchev–Trinajstić information content (AvgIpc) is 2.77. The fraction of sp³-hybridized carbons (Fsp3) is 0.778. The molecule has 1 aromatic heterocycles. The van der Waals surface area contributed by atoms with Gasteiger partial charge in [-0.25, -0.2) is 4.98 Å². The van der Waals surface area contributed by atoms with E-state index in [1.165, 1.54) is 17.9 Å². The van der Waals surface area contributed by atoms with Crippen molar-refractivity contribution >= 4 is 11.8 Å². The predicted octanol–water partition coefficient (Wildman–Crippen LogP) is 0.751. The van der Waals surface area contributed by atoms with E-state index in [4.69, 9.17) is 0 Å². The highest BCUT2D eigenvalue weighted by Crippen LogP contribution is 2.16. The molecule has 0 aliphatic carbocycles. The number of aromatic amines is 1. The fourth-order valence-corrected chi connectivity index (χ4v) is 2.77. The molecule has 0 bridgehead atoms. The van der Waals surface area contributed by atoms with E-state index in [1.807, 2.05) is 18.7 Å². The third-order valence-corrected chi connectivity index (χ3v) is 3.52. The van der Waals surface area contributed by atoms with E-state index in [1.54, 1.807) is 0 Å². The molecule has 78 valence electrons. The molecule has 2 heterocycles. The van der Waals surface area contributed by atoms with Crippen molar-refractivity contribution in [2.24, 2.45) is 0 Å². The minimum Gasteiger partial charge on any atom is -0.313 e. The number of hydrogen-bond donors (Lipinski definition) is 2. The molecule has 2 N–H and O–H groups in total. The largest absolute Gasteiger partial charge is 0.313 e. The summed E-state index contributed by atoms with van der Waals surface area (Å²) in [5, 5.41) is 10.5. The number of thioether (sulfide) groups is 1. The van der Waals surface area contributed by atoms with Crippen LogP contribution in [0.2, 0.25) is 0 Å². The molecule has 0 amide bonds. The highest BCUT2D eigenvalue weighted by molar-refractivity contribution is 7.99. The lowest BCUT2D eigenvalue weighted by atomic mass is 10.2. The molecule has 1 aliphatic heterocycles. The van der Waals surface area contributed by atoms with Gasteiger partial charge in [0, 0.05) is 24.8 Å². The van der Waals surface area contributed by atoms with E-state index in [0.29, 0.717) is 6.04 Å². The summed E-state index contributed by atoms with van der Waals surface area (Å²) in [5.74, 6) is 4.38. The van der Waals surface area contributed by atoms with E-state index in [0.717, 1.165) is 24.6 Å². The summed E-state index contributed by atoms with van der Waals surface area (Å²) in [5.41, 5.74) is 0. The quantitative estimate of drug-likeness (QED) is 0.773. The standard InChI is InChI=1S/C9H16N4S/c1-7-11-9(13-12-7)2-4-10-8-3-5-14-6-8/h8,10H,2-6H2,1H3,(H,11,12,13). The smallest absolute Gasteiger partial charge is 0.151 e. The molecule has 0 saturated carbocycles.